The van der Waals surface area contributed by atoms with Crippen molar-refractivity contribution in [2.24, 2.45) is 5.73 Å². The molecule has 2 heterocycles. The molecule has 0 radical (unpaired) electrons. The van der Waals surface area contributed by atoms with Gasteiger partial charge in [-0.15, -0.1) is 10.8 Å². The first-order valence-electron chi connectivity index (χ1n) is 8.29. The molecule has 2 aliphatic heterocycles. The Bertz CT molecular complexity index is 905. The average molecular weight is 377 g/mol. The smallest absolute Gasteiger partial charge is 0.233 e. The number of hydrogen-bond donors (Lipinski definition) is 4. The Labute approximate surface area is 152 Å². The van der Waals surface area contributed by atoms with E-state index in [1.807, 2.05) is 19.1 Å². The number of benzene rings is 2. The lowest BCUT2D eigenvalue weighted by Crippen LogP contribution is -2.33. The summed E-state index contributed by atoms with van der Waals surface area (Å²) in [6.07, 6.45) is 0. The highest BCUT2D eigenvalue weighted by Gasteiger charge is 2.41. The molecule has 0 bridgehead atoms. The number of nitrogens with one attached hydrogen (secondary N) is 1. The molecule has 26 heavy (non-hydrogen) atoms. The van der Waals surface area contributed by atoms with Gasteiger partial charge in [0.1, 0.15) is 5.82 Å². The van der Waals surface area contributed by atoms with Crippen LogP contribution < -0.4 is 11.1 Å². The number of carbonyl (C=O) groups is 1. The highest BCUT2D eigenvalue weighted by atomic mass is 32.3. The summed E-state index contributed by atoms with van der Waals surface area (Å²) in [7, 11) is -3.23. The Morgan fingerprint density at radius 2 is 2.08 bits per heavy atom. The van der Waals surface area contributed by atoms with Crippen LogP contribution in [0.1, 0.15) is 35.6 Å². The van der Waals surface area contributed by atoms with Crippen LogP contribution in [-0.4, -0.2) is 32.4 Å². The number of rotatable bonds is 3. The summed E-state index contributed by atoms with van der Waals surface area (Å²) < 4.78 is 35.9. The molecule has 138 valence electrons. The number of halogens is 1. The number of hydrogen-bond acceptors (Lipinski definition) is 5. The molecular weight excluding hydrogens is 357 g/mol. The summed E-state index contributed by atoms with van der Waals surface area (Å²) in [5.74, 6) is -0.841. The Balaban J connectivity index is 1.73. The minimum absolute atomic E-state index is 0.0510. The zero-order valence-corrected chi connectivity index (χ0v) is 15.0. The van der Waals surface area contributed by atoms with Crippen molar-refractivity contribution < 1.29 is 18.3 Å². The number of anilines is 1. The summed E-state index contributed by atoms with van der Waals surface area (Å²) >= 11 is 0. The van der Waals surface area contributed by atoms with Gasteiger partial charge >= 0.3 is 0 Å². The molecule has 2 atom stereocenters. The lowest BCUT2D eigenvalue weighted by atomic mass is 9.91. The van der Waals surface area contributed by atoms with Crippen LogP contribution in [0, 0.1) is 5.82 Å². The van der Waals surface area contributed by atoms with E-state index >= 15 is 0 Å². The molecule has 0 fully saturated rings. The summed E-state index contributed by atoms with van der Waals surface area (Å²) in [6.45, 7) is 2.25. The molecule has 0 saturated heterocycles. The maximum atomic E-state index is 13.4. The SMILES string of the molecule is CC1c2cc(C3CNc4cc(F)ccc43)ccc2S(O)(O)N1CC(N)=O. The number of nitrogens with zero attached hydrogens (tertiary/aromatic N) is 1. The standard InChI is InChI=1S/C18H20FN3O3S/c1-10-14-6-11(15-8-21-16-7-12(19)3-4-13(15)16)2-5-17(14)26(24,25)22(10)9-18(20)23/h2-7,10,15,21,24-25H,8-9H2,1H3,(H2,20,23). The Hall–Kier alpha value is -2.13. The van der Waals surface area contributed by atoms with Crippen LogP contribution in [0.4, 0.5) is 10.1 Å². The van der Waals surface area contributed by atoms with Crippen LogP contribution in [-0.2, 0) is 4.79 Å². The molecule has 4 rings (SSSR count). The highest BCUT2D eigenvalue weighted by Crippen LogP contribution is 2.63. The zero-order valence-electron chi connectivity index (χ0n) is 14.1. The van der Waals surface area contributed by atoms with Crippen molar-refractivity contribution in [3.05, 3.63) is 58.9 Å². The van der Waals surface area contributed by atoms with Gasteiger partial charge in [0.25, 0.3) is 0 Å². The van der Waals surface area contributed by atoms with E-state index in [2.05, 4.69) is 5.32 Å². The molecular formula is C18H20FN3O3S. The Morgan fingerprint density at radius 1 is 1.31 bits per heavy atom. The van der Waals surface area contributed by atoms with Crippen molar-refractivity contribution in [2.75, 3.05) is 18.4 Å². The maximum absolute atomic E-state index is 13.4. The largest absolute Gasteiger partial charge is 0.384 e. The first-order chi connectivity index (χ1) is 12.3. The van der Waals surface area contributed by atoms with E-state index in [1.165, 1.54) is 16.4 Å². The van der Waals surface area contributed by atoms with Crippen LogP contribution in [0.25, 0.3) is 0 Å². The van der Waals surface area contributed by atoms with Crippen LogP contribution in [0.15, 0.2) is 41.3 Å². The number of nitrogens with two attached hydrogens (primary N) is 1. The minimum atomic E-state index is -3.23. The van der Waals surface area contributed by atoms with E-state index < -0.39 is 16.7 Å². The van der Waals surface area contributed by atoms with Gasteiger partial charge in [-0.2, -0.15) is 4.31 Å². The highest BCUT2D eigenvalue weighted by molar-refractivity contribution is 8.22. The lowest BCUT2D eigenvalue weighted by molar-refractivity contribution is -0.118. The third-order valence-corrected chi connectivity index (χ3v) is 7.20. The van der Waals surface area contributed by atoms with Crippen molar-refractivity contribution in [1.29, 1.82) is 0 Å². The predicted molar refractivity (Wildman–Crippen MR) is 98.6 cm³/mol. The Kier molecular flexibility index (Phi) is 3.96. The molecule has 8 heteroatoms. The van der Waals surface area contributed by atoms with Crippen molar-refractivity contribution in [3.63, 3.8) is 0 Å². The van der Waals surface area contributed by atoms with Crippen LogP contribution in [0.3, 0.4) is 0 Å². The van der Waals surface area contributed by atoms with Crippen molar-refractivity contribution in [3.8, 4) is 0 Å². The van der Waals surface area contributed by atoms with E-state index in [1.54, 1.807) is 12.1 Å². The van der Waals surface area contributed by atoms with E-state index in [0.717, 1.165) is 22.4 Å². The van der Waals surface area contributed by atoms with Gasteiger partial charge in [-0.25, -0.2) is 4.39 Å². The van der Waals surface area contributed by atoms with E-state index in [9.17, 15) is 18.3 Å². The summed E-state index contributed by atoms with van der Waals surface area (Å²) in [4.78, 5) is 11.7. The van der Waals surface area contributed by atoms with Gasteiger partial charge in [0.15, 0.2) is 0 Å². The quantitative estimate of drug-likeness (QED) is 0.658. The predicted octanol–water partition coefficient (Wildman–Crippen LogP) is 3.27. The molecule has 1 amide bonds. The number of amides is 1. The van der Waals surface area contributed by atoms with E-state index in [-0.39, 0.29) is 24.3 Å². The van der Waals surface area contributed by atoms with Crippen molar-refractivity contribution in [2.45, 2.75) is 23.8 Å². The first-order valence-corrected chi connectivity index (χ1v) is 9.80. The molecule has 2 aromatic carbocycles. The van der Waals surface area contributed by atoms with Crippen LogP contribution in [0.5, 0.6) is 0 Å². The summed E-state index contributed by atoms with van der Waals surface area (Å²) in [5.41, 5.74) is 8.83. The molecule has 2 aromatic rings. The van der Waals surface area contributed by atoms with Gasteiger partial charge in [0, 0.05) is 18.2 Å². The fraction of sp³-hybridized carbons (Fsp3) is 0.278. The molecule has 0 saturated carbocycles. The molecule has 5 N–H and O–H groups in total. The number of primary amides is 1. The van der Waals surface area contributed by atoms with Gasteiger partial charge in [-0.3, -0.25) is 13.9 Å². The Morgan fingerprint density at radius 3 is 2.81 bits per heavy atom. The van der Waals surface area contributed by atoms with Gasteiger partial charge < -0.3 is 11.1 Å². The van der Waals surface area contributed by atoms with Crippen molar-refractivity contribution >= 4 is 22.4 Å². The molecule has 0 aromatic heterocycles. The van der Waals surface area contributed by atoms with Gasteiger partial charge in [0.2, 0.25) is 5.91 Å². The normalized spacial score (nSPS) is 24.6. The van der Waals surface area contributed by atoms with E-state index in [4.69, 9.17) is 5.73 Å². The van der Waals surface area contributed by atoms with Crippen LogP contribution in [0.2, 0.25) is 0 Å². The van der Waals surface area contributed by atoms with E-state index in [0.29, 0.717) is 11.4 Å². The molecule has 0 aliphatic carbocycles. The minimum Gasteiger partial charge on any atom is -0.384 e. The monoisotopic (exact) mass is 377 g/mol. The second kappa shape index (κ2) is 5.95. The first kappa shape index (κ1) is 17.3. The summed E-state index contributed by atoms with van der Waals surface area (Å²) in [5, 5.41) is 3.21. The molecule has 2 aliphatic rings. The average Bonchev–Trinajstić information content (AvgIpc) is 3.07. The second-order valence-electron chi connectivity index (χ2n) is 6.70. The lowest BCUT2D eigenvalue weighted by Gasteiger charge is -2.38. The van der Waals surface area contributed by atoms with Crippen molar-refractivity contribution in [1.82, 2.24) is 4.31 Å². The molecule has 2 unspecified atom stereocenters. The number of carbonyl (C=O) groups excluding carboxylic acids is 1. The third kappa shape index (κ3) is 2.57. The fourth-order valence-electron chi connectivity index (χ4n) is 3.85. The van der Waals surface area contributed by atoms with Gasteiger partial charge in [-0.05, 0) is 41.8 Å². The van der Waals surface area contributed by atoms with Crippen LogP contribution >= 0.6 is 10.8 Å². The topological polar surface area (TPSA) is 98.8 Å². The molecule has 6 nitrogen and oxygen atoms in total. The summed E-state index contributed by atoms with van der Waals surface area (Å²) in [6, 6.07) is 9.87. The van der Waals surface area contributed by atoms with Gasteiger partial charge in [0.05, 0.1) is 17.5 Å². The van der Waals surface area contributed by atoms with Gasteiger partial charge in [-0.1, -0.05) is 18.2 Å². The third-order valence-electron chi connectivity index (χ3n) is 5.14. The molecule has 0 spiro atoms. The number of fused-ring (bicyclic) bond motifs is 2. The second-order valence-corrected chi connectivity index (χ2v) is 8.65. The fourth-order valence-corrected chi connectivity index (χ4v) is 5.76. The zero-order chi connectivity index (χ0) is 18.6. The maximum Gasteiger partial charge on any atom is 0.233 e.